The highest BCUT2D eigenvalue weighted by Gasteiger charge is 2.17. The molecule has 1 N–H and O–H groups in total. The molecule has 34 heavy (non-hydrogen) atoms. The molecule has 4 aromatic rings. The minimum absolute atomic E-state index is 0.00759. The average molecular weight is 452 g/mol. The molecule has 0 spiro atoms. The van der Waals surface area contributed by atoms with Gasteiger partial charge in [0.1, 0.15) is 34.4 Å². The van der Waals surface area contributed by atoms with Crippen molar-refractivity contribution in [2.75, 3.05) is 12.4 Å². The molecule has 4 rings (SSSR count). The van der Waals surface area contributed by atoms with Crippen molar-refractivity contribution in [2.24, 2.45) is 0 Å². The number of pyridine rings is 1. The Bertz CT molecular complexity index is 1500. The maximum Gasteiger partial charge on any atom is 0.269 e. The highest BCUT2D eigenvalue weighted by molar-refractivity contribution is 6.09. The first-order chi connectivity index (χ1) is 16.5. The van der Waals surface area contributed by atoms with Gasteiger partial charge in [-0.1, -0.05) is 18.2 Å². The standard InChI is InChI=1S/C26H20N4O4/c1-17-6-5-7-21(14-17)34-25-22(26(32)30-13-4-3-8-23(30)29-25)15-18(16-27)24(31)28-19-9-11-20(33-2)12-10-19/h3-15H,1-2H3,(H,28,31). The number of aromatic nitrogens is 2. The molecule has 2 aromatic heterocycles. The molecular weight excluding hydrogens is 432 g/mol. The lowest BCUT2D eigenvalue weighted by atomic mass is 10.1. The number of anilines is 1. The number of benzene rings is 2. The largest absolute Gasteiger partial charge is 0.497 e. The van der Waals surface area contributed by atoms with Crippen molar-refractivity contribution in [3.8, 4) is 23.4 Å². The quantitative estimate of drug-likeness (QED) is 0.344. The summed E-state index contributed by atoms with van der Waals surface area (Å²) in [6.07, 6.45) is 2.75. The Balaban J connectivity index is 1.77. The third-order valence-electron chi connectivity index (χ3n) is 4.94. The molecular formula is C26H20N4O4. The molecule has 0 aliphatic carbocycles. The minimum Gasteiger partial charge on any atom is -0.497 e. The molecule has 168 valence electrons. The zero-order valence-electron chi connectivity index (χ0n) is 18.5. The Kier molecular flexibility index (Phi) is 6.37. The van der Waals surface area contributed by atoms with E-state index < -0.39 is 11.5 Å². The van der Waals surface area contributed by atoms with E-state index in [4.69, 9.17) is 9.47 Å². The second kappa shape index (κ2) is 9.71. The molecule has 0 saturated heterocycles. The molecule has 2 heterocycles. The van der Waals surface area contributed by atoms with Gasteiger partial charge in [0.05, 0.1) is 7.11 Å². The number of nitrogens with one attached hydrogen (secondary N) is 1. The van der Waals surface area contributed by atoms with E-state index in [1.165, 1.54) is 17.6 Å². The van der Waals surface area contributed by atoms with Gasteiger partial charge in [0.2, 0.25) is 5.88 Å². The van der Waals surface area contributed by atoms with Crippen molar-refractivity contribution in [1.82, 2.24) is 9.38 Å². The number of carbonyl (C=O) groups excluding carboxylic acids is 1. The number of rotatable bonds is 6. The number of hydrogen-bond donors (Lipinski definition) is 1. The maximum atomic E-state index is 13.3. The highest BCUT2D eigenvalue weighted by Crippen LogP contribution is 2.25. The topological polar surface area (TPSA) is 106 Å². The molecule has 0 bridgehead atoms. The van der Waals surface area contributed by atoms with Crippen LogP contribution in [0.2, 0.25) is 0 Å². The number of carbonyl (C=O) groups is 1. The molecule has 0 aliphatic rings. The SMILES string of the molecule is COc1ccc(NC(=O)C(C#N)=Cc2c(Oc3cccc(C)c3)nc3ccccn3c2=O)cc1. The number of nitriles is 1. The Morgan fingerprint density at radius 3 is 2.59 bits per heavy atom. The van der Waals surface area contributed by atoms with Crippen LogP contribution >= 0.6 is 0 Å². The van der Waals surface area contributed by atoms with Crippen LogP contribution in [0.1, 0.15) is 11.1 Å². The van der Waals surface area contributed by atoms with Gasteiger partial charge in [0.25, 0.3) is 11.5 Å². The van der Waals surface area contributed by atoms with E-state index >= 15 is 0 Å². The summed E-state index contributed by atoms with van der Waals surface area (Å²) in [5.74, 6) is 0.420. The second-order valence-electron chi connectivity index (χ2n) is 7.34. The molecule has 0 radical (unpaired) electrons. The van der Waals surface area contributed by atoms with Crippen LogP contribution in [-0.4, -0.2) is 22.4 Å². The lowest BCUT2D eigenvalue weighted by Crippen LogP contribution is -2.20. The van der Waals surface area contributed by atoms with Crippen LogP contribution in [0.3, 0.4) is 0 Å². The number of fused-ring (bicyclic) bond motifs is 1. The van der Waals surface area contributed by atoms with E-state index in [0.29, 0.717) is 22.8 Å². The average Bonchev–Trinajstić information content (AvgIpc) is 2.84. The van der Waals surface area contributed by atoms with Crippen LogP contribution in [0.25, 0.3) is 11.7 Å². The van der Waals surface area contributed by atoms with Crippen LogP contribution in [0.5, 0.6) is 17.4 Å². The number of hydrogen-bond acceptors (Lipinski definition) is 6. The van der Waals surface area contributed by atoms with E-state index in [1.807, 2.05) is 25.1 Å². The summed E-state index contributed by atoms with van der Waals surface area (Å²) in [6, 6.07) is 20.9. The summed E-state index contributed by atoms with van der Waals surface area (Å²) in [7, 11) is 1.54. The zero-order valence-corrected chi connectivity index (χ0v) is 18.5. The van der Waals surface area contributed by atoms with Crippen LogP contribution in [0.4, 0.5) is 5.69 Å². The summed E-state index contributed by atoms with van der Waals surface area (Å²) in [5, 5.41) is 12.3. The maximum absolute atomic E-state index is 13.3. The van der Waals surface area contributed by atoms with E-state index in [-0.39, 0.29) is 17.0 Å². The Hall–Kier alpha value is -4.90. The lowest BCUT2D eigenvalue weighted by Gasteiger charge is -2.11. The number of aryl methyl sites for hydroxylation is 1. The van der Waals surface area contributed by atoms with Crippen LogP contribution in [-0.2, 0) is 4.79 Å². The monoisotopic (exact) mass is 452 g/mol. The van der Waals surface area contributed by atoms with E-state index in [1.54, 1.807) is 60.8 Å². The first-order valence-corrected chi connectivity index (χ1v) is 10.3. The number of amides is 1. The van der Waals surface area contributed by atoms with Gasteiger partial charge in [-0.05, 0) is 67.1 Å². The summed E-state index contributed by atoms with van der Waals surface area (Å²) < 4.78 is 12.4. The van der Waals surface area contributed by atoms with Gasteiger partial charge < -0.3 is 14.8 Å². The molecule has 0 atom stereocenters. The minimum atomic E-state index is -0.674. The molecule has 0 aliphatic heterocycles. The molecule has 8 heteroatoms. The number of methoxy groups -OCH3 is 1. The number of ether oxygens (including phenoxy) is 2. The predicted octanol–water partition coefficient (Wildman–Crippen LogP) is 4.35. The molecule has 0 saturated carbocycles. The van der Waals surface area contributed by atoms with Gasteiger partial charge in [-0.3, -0.25) is 14.0 Å². The van der Waals surface area contributed by atoms with Gasteiger partial charge in [-0.25, -0.2) is 0 Å². The van der Waals surface area contributed by atoms with Crippen molar-refractivity contribution >= 4 is 23.3 Å². The van der Waals surface area contributed by atoms with Crippen LogP contribution in [0.15, 0.2) is 83.3 Å². The fourth-order valence-electron chi connectivity index (χ4n) is 3.24. The smallest absolute Gasteiger partial charge is 0.269 e. The normalized spacial score (nSPS) is 11.0. The van der Waals surface area contributed by atoms with Crippen LogP contribution < -0.4 is 20.3 Å². The van der Waals surface area contributed by atoms with Crippen molar-refractivity contribution in [1.29, 1.82) is 5.26 Å². The highest BCUT2D eigenvalue weighted by atomic mass is 16.5. The predicted molar refractivity (Wildman–Crippen MR) is 128 cm³/mol. The van der Waals surface area contributed by atoms with E-state index in [2.05, 4.69) is 10.3 Å². The lowest BCUT2D eigenvalue weighted by molar-refractivity contribution is -0.112. The molecule has 2 aromatic carbocycles. The molecule has 0 fully saturated rings. The molecule has 1 amide bonds. The summed E-state index contributed by atoms with van der Waals surface area (Å²) in [5.41, 5.74) is 1.03. The first-order valence-electron chi connectivity index (χ1n) is 10.3. The van der Waals surface area contributed by atoms with Gasteiger partial charge in [-0.2, -0.15) is 10.2 Å². The fraction of sp³-hybridized carbons (Fsp3) is 0.0769. The fourth-order valence-corrected chi connectivity index (χ4v) is 3.24. The Morgan fingerprint density at radius 1 is 1.09 bits per heavy atom. The van der Waals surface area contributed by atoms with Crippen molar-refractivity contribution in [3.05, 3.63) is 100.0 Å². The summed E-state index contributed by atoms with van der Waals surface area (Å²) in [6.45, 7) is 1.91. The van der Waals surface area contributed by atoms with Gasteiger partial charge >= 0.3 is 0 Å². The first kappa shape index (κ1) is 22.3. The van der Waals surface area contributed by atoms with Crippen LogP contribution in [0, 0.1) is 18.3 Å². The zero-order chi connectivity index (χ0) is 24.1. The Morgan fingerprint density at radius 2 is 1.88 bits per heavy atom. The summed E-state index contributed by atoms with van der Waals surface area (Å²) in [4.78, 5) is 30.5. The van der Waals surface area contributed by atoms with E-state index in [9.17, 15) is 14.9 Å². The van der Waals surface area contributed by atoms with Crippen molar-refractivity contribution < 1.29 is 14.3 Å². The van der Waals surface area contributed by atoms with Gasteiger partial charge in [0, 0.05) is 11.9 Å². The summed E-state index contributed by atoms with van der Waals surface area (Å²) >= 11 is 0. The number of nitrogens with zero attached hydrogens (tertiary/aromatic N) is 3. The van der Waals surface area contributed by atoms with E-state index in [0.717, 1.165) is 5.56 Å². The second-order valence-corrected chi connectivity index (χ2v) is 7.34. The molecule has 0 unspecified atom stereocenters. The van der Waals surface area contributed by atoms with Crippen molar-refractivity contribution in [3.63, 3.8) is 0 Å². The van der Waals surface area contributed by atoms with Gasteiger partial charge in [-0.15, -0.1) is 0 Å². The third kappa shape index (κ3) is 4.79. The molecule has 8 nitrogen and oxygen atoms in total. The van der Waals surface area contributed by atoms with Crippen molar-refractivity contribution in [2.45, 2.75) is 6.92 Å². The van der Waals surface area contributed by atoms with Gasteiger partial charge in [0.15, 0.2) is 0 Å². The Labute approximate surface area is 195 Å². The third-order valence-corrected chi connectivity index (χ3v) is 4.94.